The second-order valence-electron chi connectivity index (χ2n) is 11.0. The molecule has 1 fully saturated rings. The highest BCUT2D eigenvalue weighted by Crippen LogP contribution is 2.45. The van der Waals surface area contributed by atoms with Crippen molar-refractivity contribution >= 4 is 12.2 Å². The number of ether oxygens (including phenoxy) is 1. The molecule has 0 radical (unpaired) electrons. The fourth-order valence-corrected chi connectivity index (χ4v) is 5.43. The van der Waals surface area contributed by atoms with E-state index in [2.05, 4.69) is 57.4 Å². The minimum absolute atomic E-state index is 0.0207. The van der Waals surface area contributed by atoms with Crippen LogP contribution < -0.4 is 15.4 Å². The lowest BCUT2D eigenvalue weighted by Gasteiger charge is -2.46. The summed E-state index contributed by atoms with van der Waals surface area (Å²) >= 11 is 0. The van der Waals surface area contributed by atoms with Crippen molar-refractivity contribution in [2.45, 2.75) is 65.3 Å². The van der Waals surface area contributed by atoms with Crippen LogP contribution >= 0.6 is 0 Å². The predicted octanol–water partition coefficient (Wildman–Crippen LogP) is 5.95. The van der Waals surface area contributed by atoms with Crippen LogP contribution in [0.4, 0.5) is 9.59 Å². The third-order valence-corrected chi connectivity index (χ3v) is 6.71. The lowest BCUT2D eigenvalue weighted by molar-refractivity contribution is 0.0695. The van der Waals surface area contributed by atoms with Crippen molar-refractivity contribution in [1.29, 1.82) is 0 Å². The van der Waals surface area contributed by atoms with E-state index in [9.17, 15) is 9.59 Å². The number of hydrogen-bond acceptors (Lipinski definition) is 3. The molecule has 3 rings (SSSR count). The summed E-state index contributed by atoms with van der Waals surface area (Å²) in [6, 6.07) is 17.8. The van der Waals surface area contributed by atoms with Crippen LogP contribution in [-0.4, -0.2) is 29.9 Å². The molecule has 1 saturated carbocycles. The second kappa shape index (κ2) is 9.46. The Hall–Kier alpha value is -3.02. The van der Waals surface area contributed by atoms with E-state index in [1.807, 2.05) is 42.5 Å². The molecule has 0 saturated heterocycles. The van der Waals surface area contributed by atoms with Crippen LogP contribution in [0.25, 0.3) is 0 Å². The van der Waals surface area contributed by atoms with Crippen LogP contribution in [0.5, 0.6) is 5.75 Å². The molecule has 2 aromatic rings. The molecule has 2 unspecified atom stereocenters. The van der Waals surface area contributed by atoms with E-state index in [4.69, 9.17) is 9.84 Å². The number of carbonyl (C=O) groups is 2. The summed E-state index contributed by atoms with van der Waals surface area (Å²) in [7, 11) is 0. The Balaban J connectivity index is 1.59. The van der Waals surface area contributed by atoms with E-state index < -0.39 is 12.2 Å². The average molecular weight is 453 g/mol. The first-order valence-electron chi connectivity index (χ1n) is 11.5. The Bertz CT molecular complexity index is 969. The van der Waals surface area contributed by atoms with Gasteiger partial charge in [-0.2, -0.15) is 0 Å². The maximum atomic E-state index is 12.5. The predicted molar refractivity (Wildman–Crippen MR) is 130 cm³/mol. The average Bonchev–Trinajstić information content (AvgIpc) is 2.71. The van der Waals surface area contributed by atoms with Crippen molar-refractivity contribution in [3.63, 3.8) is 0 Å². The topological polar surface area (TPSA) is 87.7 Å². The van der Waals surface area contributed by atoms with E-state index >= 15 is 0 Å². The van der Waals surface area contributed by atoms with E-state index in [1.54, 1.807) is 0 Å². The van der Waals surface area contributed by atoms with E-state index in [-0.39, 0.29) is 22.3 Å². The number of carboxylic acid groups (broad SMARTS) is 1. The van der Waals surface area contributed by atoms with Crippen molar-refractivity contribution in [1.82, 2.24) is 10.6 Å². The van der Waals surface area contributed by atoms with Gasteiger partial charge in [0.15, 0.2) is 0 Å². The quantitative estimate of drug-likeness (QED) is 0.505. The van der Waals surface area contributed by atoms with Crippen LogP contribution in [-0.2, 0) is 5.41 Å². The van der Waals surface area contributed by atoms with Crippen LogP contribution in [0.1, 0.15) is 65.0 Å². The summed E-state index contributed by atoms with van der Waals surface area (Å²) in [4.78, 5) is 23.6. The summed E-state index contributed by atoms with van der Waals surface area (Å²) in [6.45, 7) is 11.1. The zero-order valence-electron chi connectivity index (χ0n) is 20.3. The number of nitrogens with one attached hydrogen (secondary N) is 2. The van der Waals surface area contributed by atoms with Gasteiger partial charge >= 0.3 is 12.2 Å². The van der Waals surface area contributed by atoms with Gasteiger partial charge in [-0.05, 0) is 53.4 Å². The fourth-order valence-electron chi connectivity index (χ4n) is 5.43. The van der Waals surface area contributed by atoms with Gasteiger partial charge in [-0.3, -0.25) is 0 Å². The van der Waals surface area contributed by atoms with Crippen LogP contribution in [0.15, 0.2) is 54.6 Å². The van der Waals surface area contributed by atoms with Gasteiger partial charge in [-0.25, -0.2) is 9.59 Å². The Labute approximate surface area is 196 Å². The van der Waals surface area contributed by atoms with Gasteiger partial charge < -0.3 is 20.5 Å². The molecule has 0 heterocycles. The molecule has 1 aliphatic carbocycles. The number of benzene rings is 2. The Kier molecular flexibility index (Phi) is 7.06. The largest absolute Gasteiger partial charge is 0.465 e. The molecule has 33 heavy (non-hydrogen) atoms. The molecule has 6 nitrogen and oxygen atoms in total. The van der Waals surface area contributed by atoms with Gasteiger partial charge in [0.2, 0.25) is 0 Å². The van der Waals surface area contributed by atoms with Crippen molar-refractivity contribution in [3.05, 3.63) is 65.7 Å². The summed E-state index contributed by atoms with van der Waals surface area (Å²) in [5.74, 6) is 0.486. The first-order valence-corrected chi connectivity index (χ1v) is 11.5. The molecule has 2 aromatic carbocycles. The van der Waals surface area contributed by atoms with Crippen molar-refractivity contribution in [2.24, 2.45) is 10.8 Å². The lowest BCUT2D eigenvalue weighted by Crippen LogP contribution is -2.50. The molecule has 0 spiro atoms. The summed E-state index contributed by atoms with van der Waals surface area (Å²) in [6.07, 6.45) is 0.835. The summed E-state index contributed by atoms with van der Waals surface area (Å²) in [5.41, 5.74) is 1.95. The number of hydrogen-bond donors (Lipinski definition) is 3. The number of carbonyl (C=O) groups excluding carboxylic acids is 1. The molecule has 0 aliphatic heterocycles. The van der Waals surface area contributed by atoms with Gasteiger partial charge in [0.05, 0.1) is 0 Å². The molecule has 2 atom stereocenters. The van der Waals surface area contributed by atoms with E-state index in [1.165, 1.54) is 5.56 Å². The minimum Gasteiger partial charge on any atom is -0.465 e. The molecular weight excluding hydrogens is 416 g/mol. The minimum atomic E-state index is -1.01. The normalized spacial score (nSPS) is 22.3. The summed E-state index contributed by atoms with van der Waals surface area (Å²) in [5, 5.41) is 14.6. The van der Waals surface area contributed by atoms with E-state index in [0.29, 0.717) is 18.7 Å². The third kappa shape index (κ3) is 6.50. The van der Waals surface area contributed by atoms with Crippen molar-refractivity contribution in [3.8, 4) is 5.75 Å². The van der Waals surface area contributed by atoms with Gasteiger partial charge in [-0.15, -0.1) is 0 Å². The lowest BCUT2D eigenvalue weighted by atomic mass is 9.62. The zero-order chi connectivity index (χ0) is 24.3. The zero-order valence-corrected chi connectivity index (χ0v) is 20.3. The van der Waals surface area contributed by atoms with Gasteiger partial charge in [0, 0.05) is 18.0 Å². The number of amides is 2. The van der Waals surface area contributed by atoms with E-state index in [0.717, 1.165) is 18.4 Å². The molecule has 6 heteroatoms. The molecule has 0 aromatic heterocycles. The first kappa shape index (κ1) is 24.6. The fraction of sp³-hybridized carbons (Fsp3) is 0.481. The molecular formula is C27H36N2O4. The SMILES string of the molecule is CC1(C)CC(NC(=O)O)CC(C)(CNC(=O)Oc2ccc(C(C)(C)c3ccccc3)cc2)C1. The highest BCUT2D eigenvalue weighted by atomic mass is 16.6. The Morgan fingerprint density at radius 3 is 2.21 bits per heavy atom. The molecule has 1 aliphatic rings. The van der Waals surface area contributed by atoms with Gasteiger partial charge in [0.25, 0.3) is 0 Å². The summed E-state index contributed by atoms with van der Waals surface area (Å²) < 4.78 is 5.51. The highest BCUT2D eigenvalue weighted by Gasteiger charge is 2.42. The molecule has 0 bridgehead atoms. The molecule has 3 N–H and O–H groups in total. The van der Waals surface area contributed by atoms with Crippen molar-refractivity contribution in [2.75, 3.05) is 6.54 Å². The van der Waals surface area contributed by atoms with Crippen LogP contribution in [0.3, 0.4) is 0 Å². The highest BCUT2D eigenvalue weighted by molar-refractivity contribution is 5.70. The maximum Gasteiger partial charge on any atom is 0.412 e. The van der Waals surface area contributed by atoms with Crippen molar-refractivity contribution < 1.29 is 19.4 Å². The molecule has 178 valence electrons. The van der Waals surface area contributed by atoms with Crippen LogP contribution in [0, 0.1) is 10.8 Å². The smallest absolute Gasteiger partial charge is 0.412 e. The Morgan fingerprint density at radius 2 is 1.61 bits per heavy atom. The van der Waals surface area contributed by atoms with Gasteiger partial charge in [-0.1, -0.05) is 77.1 Å². The Morgan fingerprint density at radius 1 is 1.00 bits per heavy atom. The molecule has 2 amide bonds. The third-order valence-electron chi connectivity index (χ3n) is 6.71. The standard InChI is InChI=1S/C27H36N2O4/c1-25(2)15-21(29-23(30)31)16-27(5,17-25)18-28-24(32)33-22-13-11-20(12-14-22)26(3,4)19-9-7-6-8-10-19/h6-14,21,29H,15-18H2,1-5H3,(H,28,32)(H,30,31). The van der Waals surface area contributed by atoms with Gasteiger partial charge in [0.1, 0.15) is 5.75 Å². The monoisotopic (exact) mass is 452 g/mol. The van der Waals surface area contributed by atoms with Crippen LogP contribution in [0.2, 0.25) is 0 Å². The number of rotatable bonds is 6. The second-order valence-corrected chi connectivity index (χ2v) is 11.0. The maximum absolute atomic E-state index is 12.5. The first-order chi connectivity index (χ1) is 15.4.